The summed E-state index contributed by atoms with van der Waals surface area (Å²) in [7, 11) is 0. The van der Waals surface area contributed by atoms with Gasteiger partial charge in [-0.25, -0.2) is 4.98 Å². The van der Waals surface area contributed by atoms with Gasteiger partial charge in [-0.05, 0) is 32.9 Å². The van der Waals surface area contributed by atoms with Gasteiger partial charge in [0.05, 0.1) is 0 Å². The lowest BCUT2D eigenvalue weighted by Crippen LogP contribution is -2.35. The molecule has 4 heteroatoms. The van der Waals surface area contributed by atoms with E-state index in [0.717, 1.165) is 31.0 Å². The number of aromatic nitrogens is 2. The Bertz CT molecular complexity index is 413. The maximum Gasteiger partial charge on any atom is 0.251 e. The smallest absolute Gasteiger partial charge is 0.251 e. The zero-order valence-corrected chi connectivity index (χ0v) is 9.99. The monoisotopic (exact) mass is 221 g/mol. The van der Waals surface area contributed by atoms with Crippen molar-refractivity contribution < 1.29 is 0 Å². The van der Waals surface area contributed by atoms with Crippen molar-refractivity contribution in [2.75, 3.05) is 19.6 Å². The third kappa shape index (κ3) is 2.50. The first-order chi connectivity index (χ1) is 7.69. The Morgan fingerprint density at radius 3 is 3.12 bits per heavy atom. The fourth-order valence-electron chi connectivity index (χ4n) is 2.36. The zero-order chi connectivity index (χ0) is 11.5. The average Bonchev–Trinajstić information content (AvgIpc) is 2.28. The summed E-state index contributed by atoms with van der Waals surface area (Å²) in [5.41, 5.74) is 0.781. The van der Waals surface area contributed by atoms with Crippen LogP contribution in [0.25, 0.3) is 0 Å². The molecule has 1 atom stereocenters. The average molecular weight is 221 g/mol. The minimum absolute atomic E-state index is 0.0314. The summed E-state index contributed by atoms with van der Waals surface area (Å²) in [5.74, 6) is 1.25. The van der Waals surface area contributed by atoms with Gasteiger partial charge in [0.25, 0.3) is 5.56 Å². The van der Waals surface area contributed by atoms with Crippen LogP contribution in [0.1, 0.15) is 37.2 Å². The van der Waals surface area contributed by atoms with E-state index >= 15 is 0 Å². The van der Waals surface area contributed by atoms with E-state index in [9.17, 15) is 4.79 Å². The van der Waals surface area contributed by atoms with Gasteiger partial charge in [0.15, 0.2) is 0 Å². The number of aromatic amines is 1. The Labute approximate surface area is 95.7 Å². The minimum Gasteiger partial charge on any atom is -0.310 e. The van der Waals surface area contributed by atoms with E-state index in [1.807, 2.05) is 6.92 Å². The number of hydrogen-bond donors (Lipinski definition) is 1. The Kier molecular flexibility index (Phi) is 3.39. The molecule has 2 rings (SSSR count). The van der Waals surface area contributed by atoms with Gasteiger partial charge in [0.1, 0.15) is 5.82 Å². The molecule has 1 aromatic heterocycles. The quantitative estimate of drug-likeness (QED) is 0.818. The molecule has 1 fully saturated rings. The van der Waals surface area contributed by atoms with Crippen LogP contribution in [-0.2, 0) is 0 Å². The van der Waals surface area contributed by atoms with Crippen LogP contribution in [0.15, 0.2) is 10.9 Å². The molecular formula is C12H19N3O. The molecule has 0 saturated carbocycles. The van der Waals surface area contributed by atoms with Gasteiger partial charge in [-0.15, -0.1) is 0 Å². The first-order valence-electron chi connectivity index (χ1n) is 5.99. The highest BCUT2D eigenvalue weighted by Crippen LogP contribution is 2.23. The first kappa shape index (κ1) is 11.3. The number of H-pyrrole nitrogens is 1. The topological polar surface area (TPSA) is 49.0 Å². The van der Waals surface area contributed by atoms with Crippen molar-refractivity contribution in [3.05, 3.63) is 27.9 Å². The largest absolute Gasteiger partial charge is 0.310 e. The van der Waals surface area contributed by atoms with Gasteiger partial charge in [0.2, 0.25) is 0 Å². The van der Waals surface area contributed by atoms with Crippen LogP contribution >= 0.6 is 0 Å². The highest BCUT2D eigenvalue weighted by atomic mass is 16.1. The van der Waals surface area contributed by atoms with Crippen molar-refractivity contribution in [1.29, 1.82) is 0 Å². The summed E-state index contributed by atoms with van der Waals surface area (Å²) in [6.45, 7) is 7.31. The van der Waals surface area contributed by atoms with E-state index in [-0.39, 0.29) is 5.56 Å². The number of nitrogens with zero attached hydrogens (tertiary/aromatic N) is 2. The first-order valence-corrected chi connectivity index (χ1v) is 5.99. The van der Waals surface area contributed by atoms with E-state index in [4.69, 9.17) is 0 Å². The fraction of sp³-hybridized carbons (Fsp3) is 0.667. The SMILES string of the molecule is CCN1CCCC(c2nc(C)cc(=O)[nH]2)C1. The predicted octanol–water partition coefficient (Wildman–Crippen LogP) is 1.28. The summed E-state index contributed by atoms with van der Waals surface area (Å²) < 4.78 is 0. The number of hydrogen-bond acceptors (Lipinski definition) is 3. The third-order valence-electron chi connectivity index (χ3n) is 3.23. The Morgan fingerprint density at radius 2 is 2.44 bits per heavy atom. The highest BCUT2D eigenvalue weighted by molar-refractivity contribution is 5.05. The molecule has 1 aromatic rings. The van der Waals surface area contributed by atoms with Crippen LogP contribution in [0.2, 0.25) is 0 Å². The minimum atomic E-state index is -0.0314. The summed E-state index contributed by atoms with van der Waals surface area (Å²) in [6, 6.07) is 1.55. The molecule has 0 radical (unpaired) electrons. The van der Waals surface area contributed by atoms with E-state index < -0.39 is 0 Å². The zero-order valence-electron chi connectivity index (χ0n) is 9.99. The molecule has 1 saturated heterocycles. The van der Waals surface area contributed by atoms with Crippen LogP contribution < -0.4 is 5.56 Å². The lowest BCUT2D eigenvalue weighted by molar-refractivity contribution is 0.213. The molecule has 16 heavy (non-hydrogen) atoms. The maximum absolute atomic E-state index is 11.4. The van der Waals surface area contributed by atoms with Gasteiger partial charge in [0, 0.05) is 24.2 Å². The maximum atomic E-state index is 11.4. The number of likely N-dealkylation sites (N-methyl/N-ethyl adjacent to an activating group) is 1. The van der Waals surface area contributed by atoms with Gasteiger partial charge in [-0.2, -0.15) is 0 Å². The molecule has 2 heterocycles. The molecular weight excluding hydrogens is 202 g/mol. The molecule has 1 N–H and O–H groups in total. The van der Waals surface area contributed by atoms with Gasteiger partial charge < -0.3 is 9.88 Å². The van der Waals surface area contributed by atoms with Crippen LogP contribution in [0.4, 0.5) is 0 Å². The Balaban J connectivity index is 2.19. The van der Waals surface area contributed by atoms with Crippen molar-refractivity contribution in [3.63, 3.8) is 0 Å². The molecule has 0 aliphatic carbocycles. The van der Waals surface area contributed by atoms with E-state index in [1.54, 1.807) is 6.07 Å². The number of nitrogens with one attached hydrogen (secondary N) is 1. The molecule has 1 aliphatic rings. The van der Waals surface area contributed by atoms with Crippen molar-refractivity contribution in [3.8, 4) is 0 Å². The molecule has 0 spiro atoms. The normalized spacial score (nSPS) is 22.2. The van der Waals surface area contributed by atoms with Crippen molar-refractivity contribution >= 4 is 0 Å². The number of piperidine rings is 1. The summed E-state index contributed by atoms with van der Waals surface area (Å²) in [5, 5.41) is 0. The third-order valence-corrected chi connectivity index (χ3v) is 3.23. The number of rotatable bonds is 2. The van der Waals surface area contributed by atoms with Crippen LogP contribution in [-0.4, -0.2) is 34.5 Å². The van der Waals surface area contributed by atoms with E-state index in [2.05, 4.69) is 21.8 Å². The second-order valence-corrected chi connectivity index (χ2v) is 4.50. The second-order valence-electron chi connectivity index (χ2n) is 4.50. The Morgan fingerprint density at radius 1 is 1.62 bits per heavy atom. The van der Waals surface area contributed by atoms with Crippen LogP contribution in [0, 0.1) is 6.92 Å². The fourth-order valence-corrected chi connectivity index (χ4v) is 2.36. The van der Waals surface area contributed by atoms with Gasteiger partial charge in [-0.1, -0.05) is 6.92 Å². The lowest BCUT2D eigenvalue weighted by Gasteiger charge is -2.31. The van der Waals surface area contributed by atoms with Crippen LogP contribution in [0.3, 0.4) is 0 Å². The van der Waals surface area contributed by atoms with Gasteiger partial charge in [-0.3, -0.25) is 4.79 Å². The van der Waals surface area contributed by atoms with E-state index in [1.165, 1.54) is 13.0 Å². The van der Waals surface area contributed by atoms with Crippen molar-refractivity contribution in [2.45, 2.75) is 32.6 Å². The predicted molar refractivity (Wildman–Crippen MR) is 63.7 cm³/mol. The molecule has 0 bridgehead atoms. The van der Waals surface area contributed by atoms with Crippen molar-refractivity contribution in [1.82, 2.24) is 14.9 Å². The summed E-state index contributed by atoms with van der Waals surface area (Å²) >= 11 is 0. The van der Waals surface area contributed by atoms with Gasteiger partial charge >= 0.3 is 0 Å². The lowest BCUT2D eigenvalue weighted by atomic mass is 9.97. The van der Waals surface area contributed by atoms with Crippen LogP contribution in [0.5, 0.6) is 0 Å². The standard InChI is InChI=1S/C12H19N3O/c1-3-15-6-4-5-10(8-15)12-13-9(2)7-11(16)14-12/h7,10H,3-6,8H2,1-2H3,(H,13,14,16). The summed E-state index contributed by atoms with van der Waals surface area (Å²) in [6.07, 6.45) is 2.32. The summed E-state index contributed by atoms with van der Waals surface area (Å²) in [4.78, 5) is 21.1. The number of aryl methyl sites for hydroxylation is 1. The molecule has 1 aliphatic heterocycles. The molecule has 1 unspecified atom stereocenters. The molecule has 4 nitrogen and oxygen atoms in total. The van der Waals surface area contributed by atoms with E-state index in [0.29, 0.717) is 5.92 Å². The highest BCUT2D eigenvalue weighted by Gasteiger charge is 2.22. The molecule has 0 aromatic carbocycles. The Hall–Kier alpha value is -1.16. The molecule has 88 valence electrons. The van der Waals surface area contributed by atoms with Crippen molar-refractivity contribution in [2.24, 2.45) is 0 Å². The second kappa shape index (κ2) is 4.78. The molecule has 0 amide bonds. The number of likely N-dealkylation sites (tertiary alicyclic amines) is 1.